The van der Waals surface area contributed by atoms with Gasteiger partial charge in [0.2, 0.25) is 0 Å². The Balaban J connectivity index is 0.00000338. The molecule has 148 valence electrons. The van der Waals surface area contributed by atoms with Crippen molar-refractivity contribution in [2.24, 2.45) is 0 Å². The van der Waals surface area contributed by atoms with Crippen LogP contribution in [0.3, 0.4) is 0 Å². The number of hydrogen-bond acceptors (Lipinski definition) is 5. The summed E-state index contributed by atoms with van der Waals surface area (Å²) >= 11 is 0. The second-order valence-electron chi connectivity index (χ2n) is 5.67. The van der Waals surface area contributed by atoms with Crippen LogP contribution in [0.5, 0.6) is 11.5 Å². The van der Waals surface area contributed by atoms with Crippen molar-refractivity contribution < 1.29 is 32.2 Å². The predicted octanol–water partition coefficient (Wildman–Crippen LogP) is 2.77. The van der Waals surface area contributed by atoms with Crippen LogP contribution in [-0.4, -0.2) is 51.6 Å². The van der Waals surface area contributed by atoms with E-state index in [1.54, 1.807) is 0 Å². The number of halogens is 4. The minimum absolute atomic E-state index is 0. The maximum Gasteiger partial charge on any atom is 0.422 e. The molecule has 1 saturated heterocycles. The second kappa shape index (κ2) is 9.29. The minimum Gasteiger partial charge on any atom is -0.493 e. The number of piperidine rings is 1. The Labute approximate surface area is 155 Å². The van der Waals surface area contributed by atoms with Crippen molar-refractivity contribution in [3.8, 4) is 11.5 Å². The molecule has 1 heterocycles. The monoisotopic (exact) mass is 398 g/mol. The first-order chi connectivity index (χ1) is 11.8. The molecule has 1 aromatic rings. The number of carbonyl (C=O) groups is 1. The molecule has 1 fully saturated rings. The van der Waals surface area contributed by atoms with Crippen molar-refractivity contribution in [3.05, 3.63) is 18.2 Å². The maximum atomic E-state index is 12.6. The van der Waals surface area contributed by atoms with E-state index in [1.165, 1.54) is 32.4 Å². The van der Waals surface area contributed by atoms with Gasteiger partial charge in [-0.05, 0) is 38.1 Å². The molecule has 0 saturated carbocycles. The number of ether oxygens (including phenoxy) is 3. The van der Waals surface area contributed by atoms with Crippen LogP contribution in [0.4, 0.5) is 18.9 Å². The van der Waals surface area contributed by atoms with Gasteiger partial charge in [-0.2, -0.15) is 13.2 Å². The van der Waals surface area contributed by atoms with Crippen molar-refractivity contribution in [2.75, 3.05) is 39.2 Å². The van der Waals surface area contributed by atoms with Gasteiger partial charge in [0.1, 0.15) is 5.60 Å². The van der Waals surface area contributed by atoms with E-state index >= 15 is 0 Å². The average Bonchev–Trinajstić information content (AvgIpc) is 2.60. The first kappa shape index (κ1) is 22.3. The van der Waals surface area contributed by atoms with Gasteiger partial charge in [-0.3, -0.25) is 4.79 Å². The number of benzene rings is 1. The molecule has 2 N–H and O–H groups in total. The molecule has 0 atom stereocenters. The third kappa shape index (κ3) is 5.65. The lowest BCUT2D eigenvalue weighted by Crippen LogP contribution is -2.51. The Hall–Kier alpha value is -1.71. The molecule has 0 spiro atoms. The van der Waals surface area contributed by atoms with Gasteiger partial charge in [0, 0.05) is 18.9 Å². The van der Waals surface area contributed by atoms with Gasteiger partial charge < -0.3 is 24.8 Å². The standard InChI is InChI=1S/C16H21F3N2O4.ClH/c1-23-12-4-3-11(9-13(12)25-10-16(17,18)19)21-14(22)15(24-2)5-7-20-8-6-15;/h3-4,9,20H,5-8,10H2,1-2H3,(H,21,22);1H. The third-order valence-electron chi connectivity index (χ3n) is 4.03. The summed E-state index contributed by atoms with van der Waals surface area (Å²) < 4.78 is 52.3. The van der Waals surface area contributed by atoms with E-state index in [2.05, 4.69) is 10.6 Å². The topological polar surface area (TPSA) is 68.8 Å². The van der Waals surface area contributed by atoms with E-state index in [9.17, 15) is 18.0 Å². The van der Waals surface area contributed by atoms with Crippen LogP contribution in [0.1, 0.15) is 12.8 Å². The number of carbonyl (C=O) groups excluding carboxylic acids is 1. The average molecular weight is 399 g/mol. The first-order valence-corrected chi connectivity index (χ1v) is 7.74. The van der Waals surface area contributed by atoms with Crippen molar-refractivity contribution >= 4 is 24.0 Å². The predicted molar refractivity (Wildman–Crippen MR) is 92.3 cm³/mol. The van der Waals surface area contributed by atoms with Gasteiger partial charge in [-0.1, -0.05) is 0 Å². The lowest BCUT2D eigenvalue weighted by Gasteiger charge is -2.34. The number of nitrogens with one attached hydrogen (secondary N) is 2. The number of alkyl halides is 3. The summed E-state index contributed by atoms with van der Waals surface area (Å²) in [5.74, 6) is -0.302. The molecule has 10 heteroatoms. The van der Waals surface area contributed by atoms with Crippen LogP contribution in [0.15, 0.2) is 18.2 Å². The number of hydrogen-bond donors (Lipinski definition) is 2. The molecule has 0 unspecified atom stereocenters. The summed E-state index contributed by atoms with van der Waals surface area (Å²) in [7, 11) is 2.79. The quantitative estimate of drug-likeness (QED) is 0.771. The van der Waals surface area contributed by atoms with Crippen molar-refractivity contribution in [1.29, 1.82) is 0 Å². The van der Waals surface area contributed by atoms with Gasteiger partial charge in [0.25, 0.3) is 5.91 Å². The summed E-state index contributed by atoms with van der Waals surface area (Å²) in [5, 5.41) is 5.83. The van der Waals surface area contributed by atoms with E-state index in [0.29, 0.717) is 31.6 Å². The molecule has 1 amide bonds. The highest BCUT2D eigenvalue weighted by Gasteiger charge is 2.39. The molecule has 1 aliphatic heterocycles. The number of anilines is 1. The summed E-state index contributed by atoms with van der Waals surface area (Å²) in [6.07, 6.45) is -3.47. The fourth-order valence-electron chi connectivity index (χ4n) is 2.63. The van der Waals surface area contributed by atoms with Gasteiger partial charge in [-0.25, -0.2) is 0 Å². The highest BCUT2D eigenvalue weighted by Crippen LogP contribution is 2.32. The maximum absolute atomic E-state index is 12.6. The van der Waals surface area contributed by atoms with Crippen molar-refractivity contribution in [2.45, 2.75) is 24.6 Å². The molecule has 6 nitrogen and oxygen atoms in total. The van der Waals surface area contributed by atoms with Gasteiger partial charge in [0.05, 0.1) is 7.11 Å². The zero-order valence-corrected chi connectivity index (χ0v) is 15.3. The van der Waals surface area contributed by atoms with Gasteiger partial charge >= 0.3 is 6.18 Å². The molecule has 0 aromatic heterocycles. The third-order valence-corrected chi connectivity index (χ3v) is 4.03. The first-order valence-electron chi connectivity index (χ1n) is 7.74. The Morgan fingerprint density at radius 2 is 1.88 bits per heavy atom. The fraction of sp³-hybridized carbons (Fsp3) is 0.562. The van der Waals surface area contributed by atoms with E-state index in [-0.39, 0.29) is 29.8 Å². The molecular formula is C16H22ClF3N2O4. The van der Waals surface area contributed by atoms with Crippen LogP contribution in [0.25, 0.3) is 0 Å². The Morgan fingerprint density at radius 1 is 1.23 bits per heavy atom. The minimum atomic E-state index is -4.47. The van der Waals surface area contributed by atoms with Crippen molar-refractivity contribution in [1.82, 2.24) is 5.32 Å². The summed E-state index contributed by atoms with van der Waals surface area (Å²) in [6, 6.07) is 4.26. The van der Waals surface area contributed by atoms with Crippen LogP contribution in [0, 0.1) is 0 Å². The normalized spacial score (nSPS) is 16.3. The zero-order chi connectivity index (χ0) is 18.5. The van der Waals surface area contributed by atoms with E-state index in [4.69, 9.17) is 14.2 Å². The van der Waals surface area contributed by atoms with E-state index < -0.39 is 18.4 Å². The molecule has 2 rings (SSSR count). The summed E-state index contributed by atoms with van der Waals surface area (Å²) in [6.45, 7) is -0.165. The molecule has 0 aliphatic carbocycles. The Morgan fingerprint density at radius 3 is 2.42 bits per heavy atom. The second-order valence-corrected chi connectivity index (χ2v) is 5.67. The van der Waals surface area contributed by atoms with Crippen LogP contribution < -0.4 is 20.1 Å². The number of rotatable bonds is 6. The lowest BCUT2D eigenvalue weighted by molar-refractivity contribution is -0.153. The van der Waals surface area contributed by atoms with Gasteiger partial charge in [0.15, 0.2) is 18.1 Å². The number of methoxy groups -OCH3 is 2. The lowest BCUT2D eigenvalue weighted by atomic mass is 9.91. The molecule has 1 aliphatic rings. The van der Waals surface area contributed by atoms with Crippen molar-refractivity contribution in [3.63, 3.8) is 0 Å². The molecule has 0 radical (unpaired) electrons. The van der Waals surface area contributed by atoms with Crippen LogP contribution in [0.2, 0.25) is 0 Å². The molecule has 26 heavy (non-hydrogen) atoms. The van der Waals surface area contributed by atoms with Crippen LogP contribution in [-0.2, 0) is 9.53 Å². The van der Waals surface area contributed by atoms with E-state index in [1.807, 2.05) is 0 Å². The molecule has 0 bridgehead atoms. The Kier molecular flexibility index (Phi) is 7.98. The zero-order valence-electron chi connectivity index (χ0n) is 14.4. The summed E-state index contributed by atoms with van der Waals surface area (Å²) in [4.78, 5) is 12.6. The highest BCUT2D eigenvalue weighted by molar-refractivity contribution is 5.97. The molecular weight excluding hydrogens is 377 g/mol. The van der Waals surface area contributed by atoms with E-state index in [0.717, 1.165) is 0 Å². The van der Waals surface area contributed by atoms with Crippen LogP contribution >= 0.6 is 12.4 Å². The highest BCUT2D eigenvalue weighted by atomic mass is 35.5. The largest absolute Gasteiger partial charge is 0.493 e. The fourth-order valence-corrected chi connectivity index (χ4v) is 2.63. The smallest absolute Gasteiger partial charge is 0.422 e. The molecule has 1 aromatic carbocycles. The Bertz CT molecular complexity index is 608. The summed E-state index contributed by atoms with van der Waals surface area (Å²) in [5.41, 5.74) is -0.657. The van der Waals surface area contributed by atoms with Gasteiger partial charge in [-0.15, -0.1) is 12.4 Å². The SMILES string of the molecule is COc1ccc(NC(=O)C2(OC)CCNCC2)cc1OCC(F)(F)F.Cl. The number of amides is 1.